The molecule has 0 heterocycles. The normalized spacial score (nSPS) is 13.2. The Morgan fingerprint density at radius 3 is 2.38 bits per heavy atom. The topological polar surface area (TPSA) is 43.1 Å². The van der Waals surface area contributed by atoms with Crippen molar-refractivity contribution < 1.29 is 4.92 Å². The standard InChI is InChI=1S/C5H11NO2/c1-3-5(2)4-6(7)8/h5H,3-4H2,1-2H3/t5-/m1/s1. The van der Waals surface area contributed by atoms with Crippen LogP contribution in [0, 0.1) is 16.0 Å². The van der Waals surface area contributed by atoms with Crippen LogP contribution in [-0.2, 0) is 0 Å². The van der Waals surface area contributed by atoms with E-state index in [1.54, 1.807) is 0 Å². The fraction of sp³-hybridized carbons (Fsp3) is 1.00. The quantitative estimate of drug-likeness (QED) is 0.413. The summed E-state index contributed by atoms with van der Waals surface area (Å²) in [5, 5.41) is 9.77. The Kier molecular flexibility index (Phi) is 3.15. The molecule has 0 aliphatic carbocycles. The molecule has 3 nitrogen and oxygen atoms in total. The molecule has 0 aromatic heterocycles. The highest BCUT2D eigenvalue weighted by Gasteiger charge is 2.04. The lowest BCUT2D eigenvalue weighted by Gasteiger charge is -1.98. The van der Waals surface area contributed by atoms with Crippen LogP contribution in [0.4, 0.5) is 0 Å². The summed E-state index contributed by atoms with van der Waals surface area (Å²) in [6, 6.07) is 0. The van der Waals surface area contributed by atoms with E-state index in [9.17, 15) is 10.1 Å². The van der Waals surface area contributed by atoms with Gasteiger partial charge in [0.05, 0.1) is 0 Å². The second-order valence-corrected chi connectivity index (χ2v) is 2.03. The Hall–Kier alpha value is -0.600. The summed E-state index contributed by atoms with van der Waals surface area (Å²) in [4.78, 5) is 9.50. The highest BCUT2D eigenvalue weighted by molar-refractivity contribution is 4.43. The Labute approximate surface area is 48.9 Å². The molecule has 0 radical (unpaired) electrons. The molecule has 48 valence electrons. The summed E-state index contributed by atoms with van der Waals surface area (Å²) in [5.41, 5.74) is 0. The second kappa shape index (κ2) is 3.41. The SMILES string of the molecule is CC[C@@H](C)C[N+](=O)[O-]. The van der Waals surface area contributed by atoms with Gasteiger partial charge in [-0.25, -0.2) is 0 Å². The van der Waals surface area contributed by atoms with Gasteiger partial charge in [0.25, 0.3) is 0 Å². The molecule has 0 rings (SSSR count). The van der Waals surface area contributed by atoms with Crippen LogP contribution in [0.3, 0.4) is 0 Å². The minimum absolute atomic E-state index is 0.108. The number of hydrogen-bond donors (Lipinski definition) is 0. The number of nitrogens with zero attached hydrogens (tertiary/aromatic N) is 1. The van der Waals surface area contributed by atoms with E-state index in [0.29, 0.717) is 0 Å². The maximum atomic E-state index is 9.77. The maximum Gasteiger partial charge on any atom is 0.206 e. The molecule has 0 spiro atoms. The van der Waals surface area contributed by atoms with Gasteiger partial charge >= 0.3 is 0 Å². The molecule has 0 saturated carbocycles. The summed E-state index contributed by atoms with van der Waals surface area (Å²) < 4.78 is 0. The third kappa shape index (κ3) is 3.59. The summed E-state index contributed by atoms with van der Waals surface area (Å²) in [7, 11) is 0. The molecule has 0 bridgehead atoms. The van der Waals surface area contributed by atoms with E-state index in [1.807, 2.05) is 13.8 Å². The van der Waals surface area contributed by atoms with Crippen LogP contribution < -0.4 is 0 Å². The predicted molar refractivity (Wildman–Crippen MR) is 31.3 cm³/mol. The van der Waals surface area contributed by atoms with Gasteiger partial charge < -0.3 is 0 Å². The van der Waals surface area contributed by atoms with Gasteiger partial charge in [-0.2, -0.15) is 0 Å². The smallest absolute Gasteiger partial charge is 0.206 e. The van der Waals surface area contributed by atoms with Gasteiger partial charge in [0.1, 0.15) is 0 Å². The molecule has 0 aromatic rings. The van der Waals surface area contributed by atoms with Crippen LogP contribution in [0.25, 0.3) is 0 Å². The summed E-state index contributed by atoms with van der Waals surface area (Å²) in [6.45, 7) is 3.94. The van der Waals surface area contributed by atoms with E-state index >= 15 is 0 Å². The minimum atomic E-state index is -0.270. The van der Waals surface area contributed by atoms with Crippen LogP contribution in [0.2, 0.25) is 0 Å². The van der Waals surface area contributed by atoms with Crippen molar-refractivity contribution >= 4 is 0 Å². The van der Waals surface area contributed by atoms with Crippen molar-refractivity contribution in [1.29, 1.82) is 0 Å². The lowest BCUT2D eigenvalue weighted by Crippen LogP contribution is -2.09. The van der Waals surface area contributed by atoms with Crippen LogP contribution in [0.5, 0.6) is 0 Å². The van der Waals surface area contributed by atoms with Crippen molar-refractivity contribution in [1.82, 2.24) is 0 Å². The predicted octanol–water partition coefficient (Wildman–Crippen LogP) is 1.31. The Balaban J connectivity index is 3.24. The fourth-order valence-electron chi connectivity index (χ4n) is 0.384. The third-order valence-electron chi connectivity index (χ3n) is 1.16. The first kappa shape index (κ1) is 7.40. The van der Waals surface area contributed by atoms with E-state index in [0.717, 1.165) is 6.42 Å². The molecule has 0 aliphatic heterocycles. The fourth-order valence-corrected chi connectivity index (χ4v) is 0.384. The first-order valence-corrected chi connectivity index (χ1v) is 2.78. The Bertz CT molecular complexity index is 82.5. The van der Waals surface area contributed by atoms with Gasteiger partial charge in [-0.05, 0) is 6.42 Å². The van der Waals surface area contributed by atoms with Crippen LogP contribution >= 0.6 is 0 Å². The van der Waals surface area contributed by atoms with E-state index in [-0.39, 0.29) is 17.4 Å². The summed E-state index contributed by atoms with van der Waals surface area (Å²) in [5.74, 6) is 0.227. The highest BCUT2D eigenvalue weighted by Crippen LogP contribution is 1.98. The van der Waals surface area contributed by atoms with Crippen molar-refractivity contribution in [2.75, 3.05) is 6.54 Å². The third-order valence-corrected chi connectivity index (χ3v) is 1.16. The Morgan fingerprint density at radius 2 is 2.25 bits per heavy atom. The van der Waals surface area contributed by atoms with Crippen molar-refractivity contribution in [2.24, 2.45) is 5.92 Å². The number of rotatable bonds is 3. The summed E-state index contributed by atoms with van der Waals surface area (Å²) in [6.07, 6.45) is 0.890. The zero-order valence-electron chi connectivity index (χ0n) is 5.26. The van der Waals surface area contributed by atoms with Gasteiger partial charge in [0, 0.05) is 10.8 Å². The minimum Gasteiger partial charge on any atom is -0.265 e. The second-order valence-electron chi connectivity index (χ2n) is 2.03. The van der Waals surface area contributed by atoms with Gasteiger partial charge in [-0.3, -0.25) is 10.1 Å². The van der Waals surface area contributed by atoms with E-state index in [2.05, 4.69) is 0 Å². The molecule has 0 fully saturated rings. The van der Waals surface area contributed by atoms with Crippen molar-refractivity contribution in [2.45, 2.75) is 20.3 Å². The lowest BCUT2D eigenvalue weighted by molar-refractivity contribution is -0.487. The zero-order chi connectivity index (χ0) is 6.57. The van der Waals surface area contributed by atoms with Gasteiger partial charge in [-0.1, -0.05) is 13.8 Å². The van der Waals surface area contributed by atoms with Gasteiger partial charge in [-0.15, -0.1) is 0 Å². The van der Waals surface area contributed by atoms with Gasteiger partial charge in [0.15, 0.2) is 0 Å². The lowest BCUT2D eigenvalue weighted by atomic mass is 10.1. The molecular weight excluding hydrogens is 106 g/mol. The van der Waals surface area contributed by atoms with Crippen LogP contribution in [-0.4, -0.2) is 11.5 Å². The van der Waals surface area contributed by atoms with E-state index < -0.39 is 0 Å². The summed E-state index contributed by atoms with van der Waals surface area (Å²) >= 11 is 0. The molecule has 0 N–H and O–H groups in total. The molecule has 8 heavy (non-hydrogen) atoms. The first-order valence-electron chi connectivity index (χ1n) is 2.78. The van der Waals surface area contributed by atoms with Gasteiger partial charge in [0.2, 0.25) is 6.54 Å². The number of nitro groups is 1. The van der Waals surface area contributed by atoms with Crippen LogP contribution in [0.1, 0.15) is 20.3 Å². The molecular formula is C5H11NO2. The monoisotopic (exact) mass is 117 g/mol. The molecule has 0 amide bonds. The molecule has 0 aliphatic rings. The average molecular weight is 117 g/mol. The zero-order valence-corrected chi connectivity index (χ0v) is 5.26. The molecule has 0 unspecified atom stereocenters. The average Bonchev–Trinajstić information content (AvgIpc) is 1.65. The Morgan fingerprint density at radius 1 is 1.75 bits per heavy atom. The van der Waals surface area contributed by atoms with Crippen molar-refractivity contribution in [3.8, 4) is 0 Å². The molecule has 0 saturated heterocycles. The van der Waals surface area contributed by atoms with Crippen LogP contribution in [0.15, 0.2) is 0 Å². The number of hydrogen-bond acceptors (Lipinski definition) is 2. The van der Waals surface area contributed by atoms with E-state index in [1.165, 1.54) is 0 Å². The molecule has 1 atom stereocenters. The van der Waals surface area contributed by atoms with Crippen molar-refractivity contribution in [3.05, 3.63) is 10.1 Å². The molecule has 0 aromatic carbocycles. The highest BCUT2D eigenvalue weighted by atomic mass is 16.6. The molecule has 3 heteroatoms. The largest absolute Gasteiger partial charge is 0.265 e. The maximum absolute atomic E-state index is 9.77. The van der Waals surface area contributed by atoms with Crippen molar-refractivity contribution in [3.63, 3.8) is 0 Å². The first-order chi connectivity index (χ1) is 3.66. The van der Waals surface area contributed by atoms with E-state index in [4.69, 9.17) is 0 Å².